The first-order valence-electron chi connectivity index (χ1n) is 5.21. The van der Waals surface area contributed by atoms with Crippen LogP contribution >= 0.6 is 15.9 Å². The summed E-state index contributed by atoms with van der Waals surface area (Å²) in [5, 5.41) is 4.97. The summed E-state index contributed by atoms with van der Waals surface area (Å²) in [6, 6.07) is 3.97. The van der Waals surface area contributed by atoms with E-state index in [2.05, 4.69) is 26.6 Å². The Hall–Kier alpha value is -1.14. The van der Waals surface area contributed by atoms with Crippen LogP contribution in [0.3, 0.4) is 0 Å². The third kappa shape index (κ3) is 5.14. The monoisotopic (exact) mass is 304 g/mol. The first-order chi connectivity index (χ1) is 8.13. The van der Waals surface area contributed by atoms with Gasteiger partial charge in [-0.05, 0) is 25.1 Å². The second-order valence-corrected chi connectivity index (χ2v) is 4.12. The molecule has 0 aliphatic rings. The van der Waals surface area contributed by atoms with E-state index in [1.807, 2.05) is 6.92 Å². The molecular formula is C11H14BrFN2O2. The number of halogens is 2. The quantitative estimate of drug-likeness (QED) is 0.822. The number of benzene rings is 1. The SMILES string of the molecule is CCOCCNC(=O)Nc1ccc(Br)cc1F. The van der Waals surface area contributed by atoms with Gasteiger partial charge < -0.3 is 15.4 Å². The lowest BCUT2D eigenvalue weighted by atomic mass is 10.3. The van der Waals surface area contributed by atoms with Crippen molar-refractivity contribution in [3.05, 3.63) is 28.5 Å². The number of hydrogen-bond acceptors (Lipinski definition) is 2. The van der Waals surface area contributed by atoms with Gasteiger partial charge in [0.25, 0.3) is 0 Å². The van der Waals surface area contributed by atoms with Gasteiger partial charge >= 0.3 is 6.03 Å². The van der Waals surface area contributed by atoms with Crippen molar-refractivity contribution in [3.8, 4) is 0 Å². The zero-order valence-corrected chi connectivity index (χ0v) is 11.0. The van der Waals surface area contributed by atoms with Crippen molar-refractivity contribution in [2.45, 2.75) is 6.92 Å². The summed E-state index contributed by atoms with van der Waals surface area (Å²) in [6.07, 6.45) is 0. The summed E-state index contributed by atoms with van der Waals surface area (Å²) in [4.78, 5) is 11.4. The Morgan fingerprint density at radius 1 is 1.53 bits per heavy atom. The summed E-state index contributed by atoms with van der Waals surface area (Å²) >= 11 is 3.14. The van der Waals surface area contributed by atoms with Crippen LogP contribution in [0.25, 0.3) is 0 Å². The largest absolute Gasteiger partial charge is 0.380 e. The van der Waals surface area contributed by atoms with E-state index in [1.165, 1.54) is 12.1 Å². The van der Waals surface area contributed by atoms with E-state index < -0.39 is 11.8 Å². The average Bonchev–Trinajstić information content (AvgIpc) is 2.28. The molecule has 0 unspecified atom stereocenters. The van der Waals surface area contributed by atoms with Gasteiger partial charge in [-0.2, -0.15) is 0 Å². The summed E-state index contributed by atoms with van der Waals surface area (Å²) in [7, 11) is 0. The van der Waals surface area contributed by atoms with Gasteiger partial charge in [-0.1, -0.05) is 15.9 Å². The molecule has 0 saturated heterocycles. The van der Waals surface area contributed by atoms with Crippen LogP contribution < -0.4 is 10.6 Å². The lowest BCUT2D eigenvalue weighted by Gasteiger charge is -2.08. The maximum Gasteiger partial charge on any atom is 0.319 e. The van der Waals surface area contributed by atoms with E-state index in [0.717, 1.165) is 0 Å². The van der Waals surface area contributed by atoms with Crippen molar-refractivity contribution < 1.29 is 13.9 Å². The van der Waals surface area contributed by atoms with Gasteiger partial charge in [0.1, 0.15) is 5.82 Å². The number of anilines is 1. The minimum Gasteiger partial charge on any atom is -0.380 e. The third-order valence-electron chi connectivity index (χ3n) is 1.92. The van der Waals surface area contributed by atoms with Gasteiger partial charge in [-0.3, -0.25) is 0 Å². The standard InChI is InChI=1S/C11H14BrFN2O2/c1-2-17-6-5-14-11(16)15-10-4-3-8(12)7-9(10)13/h3-4,7H,2,5-6H2,1H3,(H2,14,15,16). The van der Waals surface area contributed by atoms with Crippen molar-refractivity contribution in [2.24, 2.45) is 0 Å². The number of amides is 2. The molecule has 94 valence electrons. The number of urea groups is 1. The van der Waals surface area contributed by atoms with Crippen LogP contribution in [0.2, 0.25) is 0 Å². The molecule has 0 aromatic heterocycles. The van der Waals surface area contributed by atoms with Crippen LogP contribution in [0.5, 0.6) is 0 Å². The van der Waals surface area contributed by atoms with Crippen LogP contribution in [0.15, 0.2) is 22.7 Å². The summed E-state index contributed by atoms with van der Waals surface area (Å²) in [5.74, 6) is -0.487. The first-order valence-corrected chi connectivity index (χ1v) is 6.00. The highest BCUT2D eigenvalue weighted by Crippen LogP contribution is 2.18. The summed E-state index contributed by atoms with van der Waals surface area (Å²) in [6.45, 7) is 3.30. The molecule has 6 heteroatoms. The van der Waals surface area contributed by atoms with E-state index in [-0.39, 0.29) is 5.69 Å². The fourth-order valence-electron chi connectivity index (χ4n) is 1.14. The zero-order chi connectivity index (χ0) is 12.7. The highest BCUT2D eigenvalue weighted by atomic mass is 79.9. The molecule has 2 N–H and O–H groups in total. The van der Waals surface area contributed by atoms with E-state index in [1.54, 1.807) is 6.07 Å². The van der Waals surface area contributed by atoms with Crippen molar-refractivity contribution in [2.75, 3.05) is 25.1 Å². The Morgan fingerprint density at radius 3 is 2.94 bits per heavy atom. The highest BCUT2D eigenvalue weighted by molar-refractivity contribution is 9.10. The van der Waals surface area contributed by atoms with E-state index in [0.29, 0.717) is 24.2 Å². The van der Waals surface area contributed by atoms with Gasteiger partial charge in [0, 0.05) is 17.6 Å². The van der Waals surface area contributed by atoms with E-state index in [4.69, 9.17) is 4.74 Å². The molecule has 1 aromatic carbocycles. The van der Waals surface area contributed by atoms with Gasteiger partial charge in [0.05, 0.1) is 12.3 Å². The first kappa shape index (κ1) is 13.9. The number of hydrogen-bond donors (Lipinski definition) is 2. The number of rotatable bonds is 5. The maximum atomic E-state index is 13.4. The van der Waals surface area contributed by atoms with E-state index in [9.17, 15) is 9.18 Å². The molecule has 0 aliphatic heterocycles. The van der Waals surface area contributed by atoms with Crippen LogP contribution in [-0.2, 0) is 4.74 Å². The van der Waals surface area contributed by atoms with Crippen LogP contribution in [0.4, 0.5) is 14.9 Å². The smallest absolute Gasteiger partial charge is 0.319 e. The highest BCUT2D eigenvalue weighted by Gasteiger charge is 2.06. The maximum absolute atomic E-state index is 13.4. The molecule has 0 atom stereocenters. The van der Waals surface area contributed by atoms with Crippen molar-refractivity contribution >= 4 is 27.6 Å². The molecular weight excluding hydrogens is 291 g/mol. The molecule has 4 nitrogen and oxygen atoms in total. The van der Waals surface area contributed by atoms with Crippen LogP contribution in [0, 0.1) is 5.82 Å². The second-order valence-electron chi connectivity index (χ2n) is 3.20. The predicted octanol–water partition coefficient (Wildman–Crippen LogP) is 2.75. The summed E-state index contributed by atoms with van der Waals surface area (Å²) in [5.41, 5.74) is 0.141. The van der Waals surface area contributed by atoms with Crippen LogP contribution in [0.1, 0.15) is 6.92 Å². The van der Waals surface area contributed by atoms with Crippen molar-refractivity contribution in [1.29, 1.82) is 0 Å². The fraction of sp³-hybridized carbons (Fsp3) is 0.364. The van der Waals surface area contributed by atoms with E-state index >= 15 is 0 Å². The molecule has 17 heavy (non-hydrogen) atoms. The van der Waals surface area contributed by atoms with Gasteiger partial charge in [0.2, 0.25) is 0 Å². The second kappa shape index (κ2) is 7.24. The number of carbonyl (C=O) groups is 1. The molecule has 1 rings (SSSR count). The Kier molecular flexibility index (Phi) is 5.93. The molecule has 0 heterocycles. The van der Waals surface area contributed by atoms with Gasteiger partial charge in [0.15, 0.2) is 0 Å². The molecule has 0 fully saturated rings. The third-order valence-corrected chi connectivity index (χ3v) is 2.41. The lowest BCUT2D eigenvalue weighted by Crippen LogP contribution is -2.31. The Bertz CT molecular complexity index is 388. The number of nitrogens with one attached hydrogen (secondary N) is 2. The molecule has 0 saturated carbocycles. The van der Waals surface area contributed by atoms with Gasteiger partial charge in [-0.25, -0.2) is 9.18 Å². The van der Waals surface area contributed by atoms with Crippen LogP contribution in [-0.4, -0.2) is 25.8 Å². The number of ether oxygens (including phenoxy) is 1. The molecule has 2 amide bonds. The lowest BCUT2D eigenvalue weighted by molar-refractivity contribution is 0.150. The Morgan fingerprint density at radius 2 is 2.29 bits per heavy atom. The number of carbonyl (C=O) groups excluding carboxylic acids is 1. The van der Waals surface area contributed by atoms with Crippen molar-refractivity contribution in [1.82, 2.24) is 5.32 Å². The normalized spacial score (nSPS) is 10.1. The molecule has 0 spiro atoms. The topological polar surface area (TPSA) is 50.4 Å². The zero-order valence-electron chi connectivity index (χ0n) is 9.43. The minimum atomic E-state index is -0.487. The Labute approximate surface area is 108 Å². The Balaban J connectivity index is 2.40. The average molecular weight is 305 g/mol. The minimum absolute atomic E-state index is 0.141. The molecule has 1 aromatic rings. The molecule has 0 aliphatic carbocycles. The molecule has 0 bridgehead atoms. The molecule has 0 radical (unpaired) electrons. The van der Waals surface area contributed by atoms with Gasteiger partial charge in [-0.15, -0.1) is 0 Å². The fourth-order valence-corrected chi connectivity index (χ4v) is 1.47. The summed E-state index contributed by atoms with van der Waals surface area (Å²) < 4.78 is 19.0. The van der Waals surface area contributed by atoms with Crippen molar-refractivity contribution in [3.63, 3.8) is 0 Å². The predicted molar refractivity (Wildman–Crippen MR) is 67.6 cm³/mol.